The number of nitrogens with two attached hydrogens (primary N) is 2. The van der Waals surface area contributed by atoms with Crippen LogP contribution in [0.2, 0.25) is 0 Å². The Morgan fingerprint density at radius 1 is 0.833 bits per heavy atom. The van der Waals surface area contributed by atoms with Crippen LogP contribution >= 0.6 is 0 Å². The van der Waals surface area contributed by atoms with Crippen molar-refractivity contribution in [2.75, 3.05) is 4.72 Å². The van der Waals surface area contributed by atoms with Gasteiger partial charge in [-0.3, -0.25) is 4.72 Å². The topological polar surface area (TPSA) is 296 Å². The number of nitrogens with one attached hydrogen (secondary N) is 1. The number of fused-ring (bicyclic) bond motifs is 1. The Labute approximate surface area is 255 Å². The van der Waals surface area contributed by atoms with Gasteiger partial charge in [-0.05, 0) is 60.2 Å². The first-order valence-electron chi connectivity index (χ1n) is 11.6. The average Bonchev–Trinajstić information content (AvgIpc) is 2.84. The van der Waals surface area contributed by atoms with Crippen LogP contribution in [-0.4, -0.2) is 57.5 Å². The molecule has 0 radical (unpaired) electrons. The molecule has 1 aliphatic rings. The van der Waals surface area contributed by atoms with Crippen molar-refractivity contribution in [2.45, 2.75) is 52.5 Å². The number of carbonyl (C=O) groups is 1. The van der Waals surface area contributed by atoms with E-state index in [2.05, 4.69) is 0 Å². The number of rotatable bonds is 6. The second-order valence-corrected chi connectivity index (χ2v) is 13.5. The zero-order chi connectivity index (χ0) is 30.9. The first-order chi connectivity index (χ1) is 18.8. The van der Waals surface area contributed by atoms with E-state index in [1.165, 1.54) is 12.8 Å². The molecule has 19 heteroatoms. The van der Waals surface area contributed by atoms with Gasteiger partial charge >= 0.3 is 21.1 Å². The molecule has 6 N–H and O–H groups in total. The third kappa shape index (κ3) is 8.38. The van der Waals surface area contributed by atoms with Crippen LogP contribution in [0.25, 0.3) is 10.8 Å². The minimum atomic E-state index is -5.24. The number of aromatic carboxylic acids is 1. The van der Waals surface area contributed by atoms with Crippen molar-refractivity contribution in [3.05, 3.63) is 48.0 Å². The smallest absolute Gasteiger partial charge is 0.872 e. The fourth-order valence-corrected chi connectivity index (χ4v) is 6.18. The Hall–Kier alpha value is -2.83. The number of sulfonamides is 1. The molecule has 1 saturated carbocycles. The molecule has 1 aliphatic carbocycles. The van der Waals surface area contributed by atoms with Gasteiger partial charge in [0.1, 0.15) is 26.0 Å². The number of carboxylic acids is 1. The molecular weight excluding hydrogens is 802 g/mol. The van der Waals surface area contributed by atoms with Gasteiger partial charge in [-0.15, -0.1) is 0 Å². The van der Waals surface area contributed by atoms with Gasteiger partial charge in [-0.25, -0.2) is 25.3 Å². The predicted molar refractivity (Wildman–Crippen MR) is 137 cm³/mol. The van der Waals surface area contributed by atoms with Crippen LogP contribution in [0.4, 0.5) is 5.69 Å². The summed E-state index contributed by atoms with van der Waals surface area (Å²) < 4.78 is 95.7. The zero-order valence-electron chi connectivity index (χ0n) is 21.2. The summed E-state index contributed by atoms with van der Waals surface area (Å²) in [6.45, 7) is 0. The monoisotopic (exact) mass is 824 g/mol. The molecule has 230 valence electrons. The van der Waals surface area contributed by atoms with Gasteiger partial charge in [-0.1, -0.05) is 24.7 Å². The summed E-state index contributed by atoms with van der Waals surface area (Å²) in [6.07, 6.45) is 4.80. The fraction of sp³-hybridized carbons (Fsp3) is 0.261. The fourth-order valence-electron chi connectivity index (χ4n) is 4.04. The standard InChI is InChI=1S/C17H13NO12S3.C6H14N2.Pt/c19-14-2-1-9(5-12(14)17(21)22)31(23,24)18-13-6-10(32(25,26)27)3-8-4-11(33(28,29)30)7-15(20)16(8)13;7-5-3-1-2-4-6(5)8;/h1-7,18-20H,(H,21,22)(H,25,26,27)(H,28,29,30);5-6H,1-4,7-8H2;/q;;+4/p-4. The van der Waals surface area contributed by atoms with Gasteiger partial charge in [0.15, 0.2) is 0 Å². The van der Waals surface area contributed by atoms with Gasteiger partial charge < -0.3 is 40.7 Å². The minimum Gasteiger partial charge on any atom is -0.872 e. The van der Waals surface area contributed by atoms with Crippen LogP contribution in [-0.2, 0) is 51.3 Å². The summed E-state index contributed by atoms with van der Waals surface area (Å²) in [5.74, 6) is -3.98. The molecule has 0 aromatic heterocycles. The largest absolute Gasteiger partial charge is 4.00 e. The van der Waals surface area contributed by atoms with Gasteiger partial charge in [-0.2, -0.15) is 0 Å². The Bertz CT molecular complexity index is 1820. The second kappa shape index (κ2) is 13.2. The molecule has 0 bridgehead atoms. The summed E-state index contributed by atoms with van der Waals surface area (Å²) in [7, 11) is -15.1. The Morgan fingerprint density at radius 2 is 1.33 bits per heavy atom. The molecule has 0 spiro atoms. The maximum absolute atomic E-state index is 12.7. The van der Waals surface area contributed by atoms with E-state index in [-0.39, 0.29) is 33.1 Å². The van der Waals surface area contributed by atoms with Gasteiger partial charge in [0.05, 0.1) is 26.3 Å². The number of benzene rings is 3. The molecule has 1 fully saturated rings. The van der Waals surface area contributed by atoms with E-state index in [0.29, 0.717) is 36.4 Å². The van der Waals surface area contributed by atoms with Crippen molar-refractivity contribution in [2.24, 2.45) is 11.5 Å². The van der Waals surface area contributed by atoms with E-state index in [1.807, 2.05) is 4.72 Å². The van der Waals surface area contributed by atoms with Crippen LogP contribution in [0.3, 0.4) is 0 Å². The van der Waals surface area contributed by atoms with E-state index in [9.17, 15) is 54.5 Å². The number of carboxylic acid groups (broad SMARTS) is 1. The van der Waals surface area contributed by atoms with Crippen molar-refractivity contribution >= 4 is 52.7 Å². The SMILES string of the molecule is NC1CCCCC1N.O=C([O-])c1cc(S(=O)(=O)Nc2cc(S(=O)(=O)[O-])cc3cc(S(=O)(=O)[O-])cc(O)c23)ccc1[O-].[Pt+4]. The van der Waals surface area contributed by atoms with Crippen LogP contribution < -0.4 is 26.4 Å². The first kappa shape index (κ1) is 35.4. The van der Waals surface area contributed by atoms with Crippen molar-refractivity contribution in [3.63, 3.8) is 0 Å². The van der Waals surface area contributed by atoms with Crippen LogP contribution in [0.15, 0.2) is 57.2 Å². The summed E-state index contributed by atoms with van der Waals surface area (Å²) in [5, 5.41) is 31.8. The van der Waals surface area contributed by atoms with E-state index in [4.69, 9.17) is 11.5 Å². The summed E-state index contributed by atoms with van der Waals surface area (Å²) in [6, 6.07) is 4.62. The van der Waals surface area contributed by atoms with Gasteiger partial charge in [0.2, 0.25) is 0 Å². The number of anilines is 1. The second-order valence-electron chi connectivity index (χ2n) is 9.08. The number of hydrogen-bond acceptors (Lipinski definition) is 14. The van der Waals surface area contributed by atoms with Crippen molar-refractivity contribution in [1.29, 1.82) is 0 Å². The van der Waals surface area contributed by atoms with E-state index < -0.39 is 84.4 Å². The summed E-state index contributed by atoms with van der Waals surface area (Å²) in [5.41, 5.74) is 9.59. The number of carbonyl (C=O) groups excluding carboxylic acids is 1. The van der Waals surface area contributed by atoms with Crippen LogP contribution in [0.1, 0.15) is 36.0 Å². The third-order valence-corrected chi connectivity index (χ3v) is 9.14. The van der Waals surface area contributed by atoms with Crippen LogP contribution in [0.5, 0.6) is 11.5 Å². The molecular formula is C23H23N3O12PtS3. The van der Waals surface area contributed by atoms with Crippen molar-refractivity contribution in [3.8, 4) is 11.5 Å². The van der Waals surface area contributed by atoms with Gasteiger partial charge in [0.25, 0.3) is 10.0 Å². The van der Waals surface area contributed by atoms with E-state index >= 15 is 0 Å². The number of aromatic hydroxyl groups is 1. The first-order valence-corrected chi connectivity index (χ1v) is 15.9. The molecule has 0 aliphatic heterocycles. The Kier molecular flexibility index (Phi) is 11.1. The number of hydrogen-bond donors (Lipinski definition) is 4. The molecule has 2 unspecified atom stereocenters. The molecule has 4 rings (SSSR count). The minimum absolute atomic E-state index is 0. The van der Waals surface area contributed by atoms with Crippen molar-refractivity contribution < 1.29 is 75.5 Å². The third-order valence-electron chi connectivity index (χ3n) is 6.15. The molecule has 2 atom stereocenters. The molecule has 0 saturated heterocycles. The number of phenolic OH excluding ortho intramolecular Hbond substituents is 1. The molecule has 42 heavy (non-hydrogen) atoms. The maximum atomic E-state index is 12.7. The average molecular weight is 825 g/mol. The zero-order valence-corrected chi connectivity index (χ0v) is 25.9. The summed E-state index contributed by atoms with van der Waals surface area (Å²) >= 11 is 0. The maximum Gasteiger partial charge on any atom is 4.00 e. The van der Waals surface area contributed by atoms with Crippen molar-refractivity contribution in [1.82, 2.24) is 0 Å². The quantitative estimate of drug-likeness (QED) is 0.213. The summed E-state index contributed by atoms with van der Waals surface area (Å²) in [4.78, 5) is 8.20. The Morgan fingerprint density at radius 3 is 1.79 bits per heavy atom. The van der Waals surface area contributed by atoms with Crippen LogP contribution in [0, 0.1) is 0 Å². The molecule has 3 aromatic carbocycles. The molecule has 0 heterocycles. The predicted octanol–water partition coefficient (Wildman–Crippen LogP) is -1.20. The number of phenols is 1. The van der Waals surface area contributed by atoms with Gasteiger partial charge in [0, 0.05) is 17.5 Å². The molecule has 15 nitrogen and oxygen atoms in total. The normalized spacial score (nSPS) is 17.4. The van der Waals surface area contributed by atoms with E-state index in [1.54, 1.807) is 0 Å². The Balaban J connectivity index is 0.000000591. The molecule has 0 amide bonds. The van der Waals surface area contributed by atoms with E-state index in [0.717, 1.165) is 18.9 Å². The molecule has 3 aromatic rings.